The van der Waals surface area contributed by atoms with Gasteiger partial charge >= 0.3 is 0 Å². The second kappa shape index (κ2) is 7.11. The van der Waals surface area contributed by atoms with E-state index in [9.17, 15) is 0 Å². The highest BCUT2D eigenvalue weighted by Gasteiger charge is 2.13. The standard InChI is InChI=1S/C17H22N4O/c1-22-15-7-3-2-6-14(15)8-9-18-16-12-17(20-13-19-16)21-10-4-5-11-21/h2-3,6-7,12-13H,4-5,8-11H2,1H3,(H,18,19,20). The number of aromatic nitrogens is 2. The molecular formula is C17H22N4O. The minimum atomic E-state index is 0.816. The number of benzene rings is 1. The van der Waals surface area contributed by atoms with Gasteiger partial charge in [-0.25, -0.2) is 9.97 Å². The van der Waals surface area contributed by atoms with Gasteiger partial charge in [-0.15, -0.1) is 0 Å². The van der Waals surface area contributed by atoms with Gasteiger partial charge in [0, 0.05) is 25.7 Å². The van der Waals surface area contributed by atoms with Crippen molar-refractivity contribution >= 4 is 11.6 Å². The molecule has 0 saturated carbocycles. The molecule has 1 aromatic heterocycles. The molecule has 1 aromatic carbocycles. The molecule has 2 aromatic rings. The Bertz CT molecular complexity index is 611. The molecule has 1 aliphatic heterocycles. The van der Waals surface area contributed by atoms with Gasteiger partial charge in [-0.1, -0.05) is 18.2 Å². The van der Waals surface area contributed by atoms with E-state index in [2.05, 4.69) is 26.3 Å². The zero-order chi connectivity index (χ0) is 15.2. The lowest BCUT2D eigenvalue weighted by Crippen LogP contribution is -2.19. The lowest BCUT2D eigenvalue weighted by molar-refractivity contribution is 0.410. The average molecular weight is 298 g/mol. The number of hydrogen-bond acceptors (Lipinski definition) is 5. The molecular weight excluding hydrogens is 276 g/mol. The first-order chi connectivity index (χ1) is 10.9. The Hall–Kier alpha value is -2.30. The van der Waals surface area contributed by atoms with Crippen LogP contribution in [0.2, 0.25) is 0 Å². The van der Waals surface area contributed by atoms with Crippen LogP contribution in [0.4, 0.5) is 11.6 Å². The van der Waals surface area contributed by atoms with Gasteiger partial charge in [0.05, 0.1) is 7.11 Å². The van der Waals surface area contributed by atoms with Crippen molar-refractivity contribution < 1.29 is 4.74 Å². The van der Waals surface area contributed by atoms with E-state index in [0.29, 0.717) is 0 Å². The Morgan fingerprint density at radius 2 is 2.00 bits per heavy atom. The molecule has 5 heteroatoms. The van der Waals surface area contributed by atoms with E-state index in [-0.39, 0.29) is 0 Å². The van der Waals surface area contributed by atoms with Crippen molar-refractivity contribution in [2.45, 2.75) is 19.3 Å². The SMILES string of the molecule is COc1ccccc1CCNc1cc(N2CCCC2)ncn1. The molecule has 0 radical (unpaired) electrons. The third-order valence-corrected chi connectivity index (χ3v) is 3.98. The first-order valence-corrected chi connectivity index (χ1v) is 7.79. The molecule has 0 aliphatic carbocycles. The van der Waals surface area contributed by atoms with Crippen molar-refractivity contribution in [3.63, 3.8) is 0 Å². The van der Waals surface area contributed by atoms with E-state index in [0.717, 1.165) is 43.4 Å². The number of para-hydroxylation sites is 1. The monoisotopic (exact) mass is 298 g/mol. The summed E-state index contributed by atoms with van der Waals surface area (Å²) < 4.78 is 5.37. The summed E-state index contributed by atoms with van der Waals surface area (Å²) in [7, 11) is 1.71. The zero-order valence-corrected chi connectivity index (χ0v) is 13.0. The van der Waals surface area contributed by atoms with Gasteiger partial charge in [-0.3, -0.25) is 0 Å². The Morgan fingerprint density at radius 1 is 1.18 bits per heavy atom. The summed E-state index contributed by atoms with van der Waals surface area (Å²) in [6.45, 7) is 3.01. The van der Waals surface area contributed by atoms with Gasteiger partial charge in [0.15, 0.2) is 0 Å². The number of nitrogens with zero attached hydrogens (tertiary/aromatic N) is 3. The number of nitrogens with one attached hydrogen (secondary N) is 1. The van der Waals surface area contributed by atoms with Crippen LogP contribution in [0.25, 0.3) is 0 Å². The number of methoxy groups -OCH3 is 1. The molecule has 0 atom stereocenters. The number of anilines is 2. The van der Waals surface area contributed by atoms with Gasteiger partial charge in [-0.05, 0) is 30.9 Å². The Kier molecular flexibility index (Phi) is 4.73. The number of rotatable bonds is 6. The van der Waals surface area contributed by atoms with Crippen LogP contribution < -0.4 is 15.0 Å². The molecule has 1 fully saturated rings. The van der Waals surface area contributed by atoms with Crippen LogP contribution in [0.3, 0.4) is 0 Å². The smallest absolute Gasteiger partial charge is 0.134 e. The predicted molar refractivity (Wildman–Crippen MR) is 88.7 cm³/mol. The van der Waals surface area contributed by atoms with Crippen molar-refractivity contribution in [3.05, 3.63) is 42.2 Å². The third kappa shape index (κ3) is 3.47. The van der Waals surface area contributed by atoms with Crippen LogP contribution in [-0.2, 0) is 6.42 Å². The number of hydrogen-bond donors (Lipinski definition) is 1. The van der Waals surface area contributed by atoms with Crippen LogP contribution in [0.5, 0.6) is 5.75 Å². The van der Waals surface area contributed by atoms with E-state index in [4.69, 9.17) is 4.74 Å². The fourth-order valence-corrected chi connectivity index (χ4v) is 2.80. The van der Waals surface area contributed by atoms with Crippen LogP contribution in [0.1, 0.15) is 18.4 Å². The van der Waals surface area contributed by atoms with Gasteiger partial charge in [0.2, 0.25) is 0 Å². The molecule has 0 amide bonds. The minimum absolute atomic E-state index is 0.816. The van der Waals surface area contributed by atoms with Crippen molar-refractivity contribution in [2.75, 3.05) is 37.0 Å². The normalized spacial score (nSPS) is 14.1. The molecule has 0 spiro atoms. The predicted octanol–water partition coefficient (Wildman–Crippen LogP) is 2.74. The Balaban J connectivity index is 1.58. The third-order valence-electron chi connectivity index (χ3n) is 3.98. The van der Waals surface area contributed by atoms with E-state index in [1.165, 1.54) is 18.4 Å². The van der Waals surface area contributed by atoms with Gasteiger partial charge in [0.25, 0.3) is 0 Å². The second-order valence-corrected chi connectivity index (χ2v) is 5.44. The summed E-state index contributed by atoms with van der Waals surface area (Å²) in [5, 5.41) is 3.37. The average Bonchev–Trinajstić information content (AvgIpc) is 3.10. The molecule has 0 unspecified atom stereocenters. The maximum absolute atomic E-state index is 5.37. The highest BCUT2D eigenvalue weighted by atomic mass is 16.5. The van der Waals surface area contributed by atoms with Crippen LogP contribution >= 0.6 is 0 Å². The Labute approximate surface area is 131 Å². The second-order valence-electron chi connectivity index (χ2n) is 5.44. The molecule has 5 nitrogen and oxygen atoms in total. The molecule has 116 valence electrons. The molecule has 0 bridgehead atoms. The Morgan fingerprint density at radius 3 is 2.82 bits per heavy atom. The first-order valence-electron chi connectivity index (χ1n) is 7.79. The molecule has 1 N–H and O–H groups in total. The lowest BCUT2D eigenvalue weighted by atomic mass is 10.1. The summed E-state index contributed by atoms with van der Waals surface area (Å²) in [4.78, 5) is 11.0. The first kappa shape index (κ1) is 14.6. The zero-order valence-electron chi connectivity index (χ0n) is 13.0. The highest BCUT2D eigenvalue weighted by Crippen LogP contribution is 2.20. The fourth-order valence-electron chi connectivity index (χ4n) is 2.80. The fraction of sp³-hybridized carbons (Fsp3) is 0.412. The van der Waals surface area contributed by atoms with E-state index in [1.54, 1.807) is 13.4 Å². The van der Waals surface area contributed by atoms with Crippen molar-refractivity contribution in [1.82, 2.24) is 9.97 Å². The number of ether oxygens (including phenoxy) is 1. The van der Waals surface area contributed by atoms with Crippen LogP contribution in [0.15, 0.2) is 36.7 Å². The molecule has 22 heavy (non-hydrogen) atoms. The summed E-state index contributed by atoms with van der Waals surface area (Å²) >= 11 is 0. The lowest BCUT2D eigenvalue weighted by Gasteiger charge is -2.16. The van der Waals surface area contributed by atoms with Crippen molar-refractivity contribution in [2.24, 2.45) is 0 Å². The summed E-state index contributed by atoms with van der Waals surface area (Å²) in [5.41, 5.74) is 1.20. The summed E-state index contributed by atoms with van der Waals surface area (Å²) in [6.07, 6.45) is 5.04. The van der Waals surface area contributed by atoms with Gasteiger partial charge in [-0.2, -0.15) is 0 Å². The van der Waals surface area contributed by atoms with Crippen molar-refractivity contribution in [1.29, 1.82) is 0 Å². The molecule has 3 rings (SSSR count). The van der Waals surface area contributed by atoms with Gasteiger partial charge in [0.1, 0.15) is 23.7 Å². The van der Waals surface area contributed by atoms with Crippen LogP contribution in [-0.4, -0.2) is 36.7 Å². The molecule has 1 saturated heterocycles. The maximum atomic E-state index is 5.37. The summed E-state index contributed by atoms with van der Waals surface area (Å²) in [6, 6.07) is 10.1. The van der Waals surface area contributed by atoms with E-state index in [1.807, 2.05) is 24.3 Å². The van der Waals surface area contributed by atoms with Gasteiger partial charge < -0.3 is 15.0 Å². The van der Waals surface area contributed by atoms with Crippen LogP contribution in [0, 0.1) is 0 Å². The van der Waals surface area contributed by atoms with Crippen molar-refractivity contribution in [3.8, 4) is 5.75 Å². The molecule has 2 heterocycles. The minimum Gasteiger partial charge on any atom is -0.496 e. The maximum Gasteiger partial charge on any atom is 0.134 e. The highest BCUT2D eigenvalue weighted by molar-refractivity contribution is 5.49. The van der Waals surface area contributed by atoms with E-state index >= 15 is 0 Å². The topological polar surface area (TPSA) is 50.3 Å². The molecule has 1 aliphatic rings. The largest absolute Gasteiger partial charge is 0.496 e. The summed E-state index contributed by atoms with van der Waals surface area (Å²) in [5.74, 6) is 2.84. The van der Waals surface area contributed by atoms with E-state index < -0.39 is 0 Å². The quantitative estimate of drug-likeness (QED) is 0.888.